The van der Waals surface area contributed by atoms with E-state index in [0.29, 0.717) is 24.2 Å². The van der Waals surface area contributed by atoms with Crippen molar-refractivity contribution in [3.8, 4) is 0 Å². The van der Waals surface area contributed by atoms with Gasteiger partial charge in [0.25, 0.3) is 0 Å². The molecule has 3 N–H and O–H groups in total. The van der Waals surface area contributed by atoms with Crippen molar-refractivity contribution in [1.82, 2.24) is 9.97 Å². The zero-order valence-electron chi connectivity index (χ0n) is 15.1. The predicted octanol–water partition coefficient (Wildman–Crippen LogP) is 3.12. The maximum atomic E-state index is 11.5. The van der Waals surface area contributed by atoms with Gasteiger partial charge in [-0.2, -0.15) is 9.97 Å². The first-order chi connectivity index (χ1) is 12.4. The van der Waals surface area contributed by atoms with Crippen LogP contribution in [0.15, 0.2) is 24.3 Å². The van der Waals surface area contributed by atoms with Gasteiger partial charge in [-0.15, -0.1) is 0 Å². The topological polar surface area (TPSA) is 110 Å². The van der Waals surface area contributed by atoms with Gasteiger partial charge in [0.05, 0.1) is 4.92 Å². The lowest BCUT2D eigenvalue weighted by atomic mass is 10.0. The number of anilines is 3. The Morgan fingerprint density at radius 3 is 2.73 bits per heavy atom. The number of nitro groups is 1. The molecule has 1 aromatic carbocycles. The quantitative estimate of drug-likeness (QED) is 0.625. The number of aryl methyl sites for hydroxylation is 1. The van der Waals surface area contributed by atoms with Crippen molar-refractivity contribution in [3.63, 3.8) is 0 Å². The third-order valence-corrected chi connectivity index (χ3v) is 4.60. The zero-order chi connectivity index (χ0) is 18.7. The average Bonchev–Trinajstić information content (AvgIpc) is 2.60. The van der Waals surface area contributed by atoms with Crippen LogP contribution in [0.2, 0.25) is 0 Å². The highest BCUT2D eigenvalue weighted by Crippen LogP contribution is 2.34. The standard InChI is InChI=1S/C18H24N6O2/c1-12-5-7-14(8-6-12)10-20-18-21-16(19)15(24(25)26)17(22-18)23-9-3-4-13(2)11-23/h5-8,13H,3-4,9-11H2,1-2H3,(H3,19,20,21,22)/t13-/m0/s1. The minimum atomic E-state index is -0.492. The minimum absolute atomic E-state index is 0.107. The lowest BCUT2D eigenvalue weighted by molar-refractivity contribution is -0.383. The summed E-state index contributed by atoms with van der Waals surface area (Å²) >= 11 is 0. The molecule has 2 heterocycles. The molecule has 1 aliphatic heterocycles. The zero-order valence-corrected chi connectivity index (χ0v) is 15.1. The second-order valence-corrected chi connectivity index (χ2v) is 6.89. The molecule has 1 saturated heterocycles. The maximum absolute atomic E-state index is 11.5. The van der Waals surface area contributed by atoms with E-state index in [1.807, 2.05) is 36.1 Å². The maximum Gasteiger partial charge on any atom is 0.353 e. The van der Waals surface area contributed by atoms with Crippen molar-refractivity contribution in [2.75, 3.05) is 29.0 Å². The summed E-state index contributed by atoms with van der Waals surface area (Å²) in [6.45, 7) is 6.16. The molecule has 1 aromatic heterocycles. The number of aromatic nitrogens is 2. The summed E-state index contributed by atoms with van der Waals surface area (Å²) in [4.78, 5) is 21.5. The van der Waals surface area contributed by atoms with E-state index in [0.717, 1.165) is 31.5 Å². The molecule has 0 spiro atoms. The molecule has 1 fully saturated rings. The molecular weight excluding hydrogens is 332 g/mol. The van der Waals surface area contributed by atoms with Gasteiger partial charge in [0.2, 0.25) is 17.6 Å². The van der Waals surface area contributed by atoms with Crippen LogP contribution in [0.4, 0.5) is 23.3 Å². The first-order valence-corrected chi connectivity index (χ1v) is 8.80. The summed E-state index contributed by atoms with van der Waals surface area (Å²) < 4.78 is 0. The molecule has 8 heteroatoms. The third kappa shape index (κ3) is 4.01. The molecule has 1 atom stereocenters. The van der Waals surface area contributed by atoms with E-state index in [1.165, 1.54) is 5.56 Å². The van der Waals surface area contributed by atoms with Crippen LogP contribution in [-0.4, -0.2) is 28.0 Å². The summed E-state index contributed by atoms with van der Waals surface area (Å²) in [6, 6.07) is 8.10. The van der Waals surface area contributed by atoms with Crippen LogP contribution >= 0.6 is 0 Å². The Kier molecular flexibility index (Phi) is 5.20. The fourth-order valence-electron chi connectivity index (χ4n) is 3.20. The molecule has 0 saturated carbocycles. The van der Waals surface area contributed by atoms with Crippen molar-refractivity contribution >= 4 is 23.3 Å². The third-order valence-electron chi connectivity index (χ3n) is 4.60. The number of hydrogen-bond donors (Lipinski definition) is 2. The van der Waals surface area contributed by atoms with Crippen LogP contribution in [0.1, 0.15) is 30.9 Å². The molecule has 0 unspecified atom stereocenters. The van der Waals surface area contributed by atoms with E-state index in [9.17, 15) is 10.1 Å². The summed E-state index contributed by atoms with van der Waals surface area (Å²) in [5, 5.41) is 14.6. The summed E-state index contributed by atoms with van der Waals surface area (Å²) in [7, 11) is 0. The Labute approximate surface area is 152 Å². The molecule has 1 aliphatic rings. The van der Waals surface area contributed by atoms with Gasteiger partial charge < -0.3 is 16.0 Å². The Balaban J connectivity index is 1.86. The Bertz CT molecular complexity index is 793. The highest BCUT2D eigenvalue weighted by atomic mass is 16.6. The van der Waals surface area contributed by atoms with Crippen molar-refractivity contribution in [3.05, 3.63) is 45.5 Å². The monoisotopic (exact) mass is 356 g/mol. The second-order valence-electron chi connectivity index (χ2n) is 6.89. The van der Waals surface area contributed by atoms with Gasteiger partial charge >= 0.3 is 5.69 Å². The van der Waals surface area contributed by atoms with E-state index in [1.54, 1.807) is 0 Å². The smallest absolute Gasteiger partial charge is 0.353 e. The van der Waals surface area contributed by atoms with Crippen LogP contribution < -0.4 is 16.0 Å². The van der Waals surface area contributed by atoms with Crippen LogP contribution in [-0.2, 0) is 6.54 Å². The van der Waals surface area contributed by atoms with Crippen molar-refractivity contribution < 1.29 is 4.92 Å². The molecule has 0 radical (unpaired) electrons. The van der Waals surface area contributed by atoms with Gasteiger partial charge in [0, 0.05) is 19.6 Å². The first kappa shape index (κ1) is 17.9. The second kappa shape index (κ2) is 7.55. The number of hydrogen-bond acceptors (Lipinski definition) is 7. The summed E-state index contributed by atoms with van der Waals surface area (Å²) in [6.07, 6.45) is 2.09. The van der Waals surface area contributed by atoms with Crippen LogP contribution in [0, 0.1) is 23.0 Å². The van der Waals surface area contributed by atoms with E-state index < -0.39 is 4.92 Å². The van der Waals surface area contributed by atoms with Crippen molar-refractivity contribution in [1.29, 1.82) is 0 Å². The van der Waals surface area contributed by atoms with Gasteiger partial charge in [-0.25, -0.2) is 0 Å². The molecule has 0 aliphatic carbocycles. The van der Waals surface area contributed by atoms with Crippen molar-refractivity contribution in [2.45, 2.75) is 33.2 Å². The molecule has 8 nitrogen and oxygen atoms in total. The van der Waals surface area contributed by atoms with Gasteiger partial charge in [0.1, 0.15) is 0 Å². The molecule has 0 bridgehead atoms. The van der Waals surface area contributed by atoms with Gasteiger partial charge in [-0.3, -0.25) is 10.1 Å². The SMILES string of the molecule is Cc1ccc(CNc2nc(N)c([N+](=O)[O-])c(N3CCC[C@H](C)C3)n2)cc1. The highest BCUT2D eigenvalue weighted by Gasteiger charge is 2.29. The molecule has 138 valence electrons. The van der Waals surface area contributed by atoms with Gasteiger partial charge in [-0.1, -0.05) is 36.8 Å². The Morgan fingerprint density at radius 2 is 2.08 bits per heavy atom. The lowest BCUT2D eigenvalue weighted by Gasteiger charge is -2.31. The van der Waals surface area contributed by atoms with Gasteiger partial charge in [0.15, 0.2) is 0 Å². The number of nitrogen functional groups attached to an aromatic ring is 1. The predicted molar refractivity (Wildman–Crippen MR) is 102 cm³/mol. The molecular formula is C18H24N6O2. The normalized spacial score (nSPS) is 17.2. The lowest BCUT2D eigenvalue weighted by Crippen LogP contribution is -2.35. The van der Waals surface area contributed by atoms with E-state index in [-0.39, 0.29) is 11.5 Å². The number of nitrogens with two attached hydrogens (primary N) is 1. The molecule has 26 heavy (non-hydrogen) atoms. The highest BCUT2D eigenvalue weighted by molar-refractivity contribution is 5.71. The van der Waals surface area contributed by atoms with Crippen molar-refractivity contribution in [2.24, 2.45) is 5.92 Å². The van der Waals surface area contributed by atoms with E-state index >= 15 is 0 Å². The molecule has 2 aromatic rings. The number of piperidine rings is 1. The van der Waals surface area contributed by atoms with E-state index in [2.05, 4.69) is 22.2 Å². The molecule has 0 amide bonds. The average molecular weight is 356 g/mol. The Morgan fingerprint density at radius 1 is 1.35 bits per heavy atom. The van der Waals surface area contributed by atoms with Crippen LogP contribution in [0.25, 0.3) is 0 Å². The summed E-state index contributed by atoms with van der Waals surface area (Å²) in [5.74, 6) is 0.968. The number of nitrogens with one attached hydrogen (secondary N) is 1. The number of rotatable bonds is 5. The first-order valence-electron chi connectivity index (χ1n) is 8.80. The van der Waals surface area contributed by atoms with Crippen LogP contribution in [0.5, 0.6) is 0 Å². The molecule has 3 rings (SSSR count). The van der Waals surface area contributed by atoms with E-state index in [4.69, 9.17) is 5.73 Å². The fourth-order valence-corrected chi connectivity index (χ4v) is 3.20. The van der Waals surface area contributed by atoms with Gasteiger partial charge in [-0.05, 0) is 31.2 Å². The fraction of sp³-hybridized carbons (Fsp3) is 0.444. The summed E-state index contributed by atoms with van der Waals surface area (Å²) in [5.41, 5.74) is 7.95. The number of nitrogens with zero attached hydrogens (tertiary/aromatic N) is 4. The Hall–Kier alpha value is -2.90. The van der Waals surface area contributed by atoms with Crippen LogP contribution in [0.3, 0.4) is 0 Å². The minimum Gasteiger partial charge on any atom is -0.378 e. The largest absolute Gasteiger partial charge is 0.378 e. The number of benzene rings is 1.